The van der Waals surface area contributed by atoms with Gasteiger partial charge in [0.2, 0.25) is 11.8 Å². The van der Waals surface area contributed by atoms with E-state index in [9.17, 15) is 22.8 Å². The summed E-state index contributed by atoms with van der Waals surface area (Å²) in [5, 5.41) is 3.84. The molecule has 0 fully saturated rings. The van der Waals surface area contributed by atoms with E-state index in [0.29, 0.717) is 12.8 Å². The third-order valence-corrected chi connectivity index (χ3v) is 2.18. The summed E-state index contributed by atoms with van der Waals surface area (Å²) in [7, 11) is 0. The van der Waals surface area contributed by atoms with Gasteiger partial charge in [0.15, 0.2) is 0 Å². The number of hydrogen-bond acceptors (Lipinski definition) is 3. The van der Waals surface area contributed by atoms with Crippen LogP contribution in [0.5, 0.6) is 0 Å². The van der Waals surface area contributed by atoms with Crippen molar-refractivity contribution in [1.29, 1.82) is 0 Å². The Morgan fingerprint density at radius 3 is 2.22 bits per heavy atom. The molecule has 0 aromatic rings. The molecule has 0 aliphatic heterocycles. The van der Waals surface area contributed by atoms with Gasteiger partial charge in [0.25, 0.3) is 0 Å². The van der Waals surface area contributed by atoms with Crippen LogP contribution < -0.4 is 16.4 Å². The number of amides is 2. The van der Waals surface area contributed by atoms with Crippen molar-refractivity contribution in [2.45, 2.75) is 38.4 Å². The van der Waals surface area contributed by atoms with Crippen LogP contribution in [0.25, 0.3) is 0 Å². The predicted molar refractivity (Wildman–Crippen MR) is 59.6 cm³/mol. The van der Waals surface area contributed by atoms with Crippen molar-refractivity contribution < 1.29 is 22.8 Å². The van der Waals surface area contributed by atoms with Gasteiger partial charge in [0, 0.05) is 0 Å². The van der Waals surface area contributed by atoms with Crippen molar-refractivity contribution in [2.24, 2.45) is 5.73 Å². The molecule has 0 aliphatic rings. The molecule has 0 heterocycles. The van der Waals surface area contributed by atoms with Crippen molar-refractivity contribution in [2.75, 3.05) is 13.1 Å². The molecule has 0 aromatic carbocycles. The second-order valence-electron chi connectivity index (χ2n) is 4.24. The summed E-state index contributed by atoms with van der Waals surface area (Å²) < 4.78 is 35.3. The summed E-state index contributed by atoms with van der Waals surface area (Å²) in [5.74, 6) is -1.47. The van der Waals surface area contributed by atoms with Gasteiger partial charge in [0.1, 0.15) is 6.54 Å². The standard InChI is InChI=1S/C10H18F3N3O2/c1-3-4-9(2,14)8(18)15-5-7(17)16-6-10(11,12)13/h3-6,14H2,1-2H3,(H,15,18)(H,16,17). The van der Waals surface area contributed by atoms with E-state index in [2.05, 4.69) is 5.32 Å². The van der Waals surface area contributed by atoms with Crippen LogP contribution in [0.1, 0.15) is 26.7 Å². The number of nitrogens with two attached hydrogens (primary N) is 1. The normalized spacial score (nSPS) is 14.8. The molecule has 0 spiro atoms. The van der Waals surface area contributed by atoms with E-state index in [1.807, 2.05) is 6.92 Å². The highest BCUT2D eigenvalue weighted by atomic mass is 19.4. The first-order chi connectivity index (χ1) is 8.08. The van der Waals surface area contributed by atoms with Gasteiger partial charge in [-0.3, -0.25) is 9.59 Å². The van der Waals surface area contributed by atoms with E-state index in [1.165, 1.54) is 6.92 Å². The van der Waals surface area contributed by atoms with Crippen LogP contribution in [0, 0.1) is 0 Å². The van der Waals surface area contributed by atoms with Crippen LogP contribution in [0.3, 0.4) is 0 Å². The van der Waals surface area contributed by atoms with Crippen molar-refractivity contribution in [3.63, 3.8) is 0 Å². The zero-order valence-electron chi connectivity index (χ0n) is 10.4. The van der Waals surface area contributed by atoms with Crippen LogP contribution in [0.15, 0.2) is 0 Å². The van der Waals surface area contributed by atoms with Gasteiger partial charge >= 0.3 is 6.18 Å². The monoisotopic (exact) mass is 269 g/mol. The molecular formula is C10H18F3N3O2. The van der Waals surface area contributed by atoms with Crippen molar-refractivity contribution in [1.82, 2.24) is 10.6 Å². The number of alkyl halides is 3. The van der Waals surface area contributed by atoms with Gasteiger partial charge < -0.3 is 16.4 Å². The van der Waals surface area contributed by atoms with E-state index in [0.717, 1.165) is 0 Å². The van der Waals surface area contributed by atoms with E-state index in [-0.39, 0.29) is 0 Å². The third-order valence-electron chi connectivity index (χ3n) is 2.18. The summed E-state index contributed by atoms with van der Waals surface area (Å²) in [5.41, 5.74) is 4.55. The lowest BCUT2D eigenvalue weighted by Gasteiger charge is -2.22. The minimum absolute atomic E-state index is 0.420. The van der Waals surface area contributed by atoms with Crippen molar-refractivity contribution >= 4 is 11.8 Å². The van der Waals surface area contributed by atoms with Crippen LogP contribution in [0.2, 0.25) is 0 Å². The molecule has 106 valence electrons. The summed E-state index contributed by atoms with van der Waals surface area (Å²) in [6, 6.07) is 0. The van der Waals surface area contributed by atoms with Gasteiger partial charge in [-0.1, -0.05) is 13.3 Å². The Balaban J connectivity index is 4.03. The lowest BCUT2D eigenvalue weighted by Crippen LogP contribution is -2.53. The summed E-state index contributed by atoms with van der Waals surface area (Å²) in [6.07, 6.45) is -3.37. The smallest absolute Gasteiger partial charge is 0.345 e. The molecule has 0 saturated heterocycles. The highest BCUT2D eigenvalue weighted by molar-refractivity contribution is 5.89. The first-order valence-electron chi connectivity index (χ1n) is 5.49. The van der Waals surface area contributed by atoms with Crippen LogP contribution in [-0.2, 0) is 9.59 Å². The fourth-order valence-electron chi connectivity index (χ4n) is 1.26. The molecule has 5 nitrogen and oxygen atoms in total. The zero-order chi connectivity index (χ0) is 14.4. The first kappa shape index (κ1) is 16.7. The van der Waals surface area contributed by atoms with Crippen molar-refractivity contribution in [3.8, 4) is 0 Å². The number of hydrogen-bond donors (Lipinski definition) is 3. The Labute approximate surface area is 103 Å². The third kappa shape index (κ3) is 7.10. The summed E-state index contributed by atoms with van der Waals surface area (Å²) >= 11 is 0. The first-order valence-corrected chi connectivity index (χ1v) is 5.49. The molecule has 4 N–H and O–H groups in total. The number of halogens is 3. The number of carbonyl (C=O) groups is 2. The molecule has 0 radical (unpaired) electrons. The van der Waals surface area contributed by atoms with Crippen LogP contribution in [-0.4, -0.2) is 36.6 Å². The van der Waals surface area contributed by atoms with Gasteiger partial charge in [0.05, 0.1) is 12.1 Å². The molecule has 1 unspecified atom stereocenters. The van der Waals surface area contributed by atoms with E-state index in [1.54, 1.807) is 5.32 Å². The number of nitrogens with one attached hydrogen (secondary N) is 2. The minimum atomic E-state index is -4.47. The van der Waals surface area contributed by atoms with Gasteiger partial charge in [-0.2, -0.15) is 13.2 Å². The van der Waals surface area contributed by atoms with Gasteiger partial charge in [-0.15, -0.1) is 0 Å². The quantitative estimate of drug-likeness (QED) is 0.648. The topological polar surface area (TPSA) is 84.2 Å². The Bertz CT molecular complexity index is 303. The zero-order valence-corrected chi connectivity index (χ0v) is 10.4. The number of rotatable bonds is 6. The maximum absolute atomic E-state index is 11.8. The fourth-order valence-corrected chi connectivity index (χ4v) is 1.26. The maximum Gasteiger partial charge on any atom is 0.405 e. The maximum atomic E-state index is 11.8. The fraction of sp³-hybridized carbons (Fsp3) is 0.800. The average Bonchev–Trinajstić information content (AvgIpc) is 2.21. The Morgan fingerprint density at radius 2 is 1.78 bits per heavy atom. The van der Waals surface area contributed by atoms with Gasteiger partial charge in [-0.25, -0.2) is 0 Å². The molecule has 0 bridgehead atoms. The SMILES string of the molecule is CCCC(C)(N)C(=O)NCC(=O)NCC(F)(F)F. The van der Waals surface area contributed by atoms with Crippen LogP contribution in [0.4, 0.5) is 13.2 Å². The molecule has 8 heteroatoms. The van der Waals surface area contributed by atoms with Crippen LogP contribution >= 0.6 is 0 Å². The molecule has 0 aliphatic carbocycles. The molecule has 0 aromatic heterocycles. The lowest BCUT2D eigenvalue weighted by molar-refractivity contribution is -0.138. The summed E-state index contributed by atoms with van der Waals surface area (Å²) in [6.45, 7) is 1.40. The lowest BCUT2D eigenvalue weighted by atomic mass is 9.97. The number of carbonyl (C=O) groups excluding carboxylic acids is 2. The molecule has 1 atom stereocenters. The highest BCUT2D eigenvalue weighted by Gasteiger charge is 2.29. The van der Waals surface area contributed by atoms with Crippen molar-refractivity contribution in [3.05, 3.63) is 0 Å². The predicted octanol–water partition coefficient (Wildman–Crippen LogP) is 0.299. The minimum Gasteiger partial charge on any atom is -0.345 e. The molecule has 0 rings (SSSR count). The average molecular weight is 269 g/mol. The molecular weight excluding hydrogens is 251 g/mol. The Hall–Kier alpha value is -1.31. The second-order valence-corrected chi connectivity index (χ2v) is 4.24. The Kier molecular flexibility index (Phi) is 6.10. The molecule has 18 heavy (non-hydrogen) atoms. The summed E-state index contributed by atoms with van der Waals surface area (Å²) in [4.78, 5) is 22.5. The largest absolute Gasteiger partial charge is 0.405 e. The van der Waals surface area contributed by atoms with E-state index >= 15 is 0 Å². The van der Waals surface area contributed by atoms with E-state index in [4.69, 9.17) is 5.73 Å². The highest BCUT2D eigenvalue weighted by Crippen LogP contribution is 2.12. The van der Waals surface area contributed by atoms with Gasteiger partial charge in [-0.05, 0) is 13.3 Å². The molecule has 2 amide bonds. The molecule has 0 saturated carbocycles. The second kappa shape index (κ2) is 6.58. The van der Waals surface area contributed by atoms with E-state index < -0.39 is 36.6 Å². The Morgan fingerprint density at radius 1 is 1.22 bits per heavy atom.